The summed E-state index contributed by atoms with van der Waals surface area (Å²) in [6.07, 6.45) is 0. The molecule has 0 aromatic heterocycles. The van der Waals surface area contributed by atoms with Crippen molar-refractivity contribution < 1.29 is 5.11 Å². The lowest BCUT2D eigenvalue weighted by atomic mass is 10.1. The van der Waals surface area contributed by atoms with E-state index in [-0.39, 0.29) is 18.5 Å². The maximum atomic E-state index is 8.99. The van der Waals surface area contributed by atoms with E-state index in [4.69, 9.17) is 22.3 Å². The standard InChI is InChI=1S/C10H15N5O/c1-6-2-3-7(5-16)4-8(6)14-10(13)15-9(11)12/h2-4,16H,5H2,1H3,(H6,11,12,13,14,15). The summed E-state index contributed by atoms with van der Waals surface area (Å²) in [4.78, 5) is 7.65. The molecule has 86 valence electrons. The molecule has 0 radical (unpaired) electrons. The van der Waals surface area contributed by atoms with Crippen molar-refractivity contribution >= 4 is 17.6 Å². The van der Waals surface area contributed by atoms with E-state index in [0.29, 0.717) is 5.69 Å². The lowest BCUT2D eigenvalue weighted by Gasteiger charge is -2.03. The van der Waals surface area contributed by atoms with Gasteiger partial charge in [0.15, 0.2) is 5.96 Å². The van der Waals surface area contributed by atoms with Gasteiger partial charge in [-0.15, -0.1) is 0 Å². The molecule has 1 aromatic rings. The maximum Gasteiger partial charge on any atom is 0.223 e. The van der Waals surface area contributed by atoms with Crippen LogP contribution in [0.3, 0.4) is 0 Å². The van der Waals surface area contributed by atoms with Gasteiger partial charge in [-0.2, -0.15) is 4.99 Å². The van der Waals surface area contributed by atoms with Crippen molar-refractivity contribution in [2.45, 2.75) is 13.5 Å². The molecule has 0 amide bonds. The van der Waals surface area contributed by atoms with Crippen molar-refractivity contribution in [1.29, 1.82) is 0 Å². The zero-order valence-corrected chi connectivity index (χ0v) is 9.01. The van der Waals surface area contributed by atoms with Crippen LogP contribution in [0.25, 0.3) is 0 Å². The van der Waals surface area contributed by atoms with Crippen LogP contribution in [0.5, 0.6) is 0 Å². The van der Waals surface area contributed by atoms with Crippen LogP contribution in [-0.2, 0) is 6.61 Å². The number of rotatable bonds is 2. The Morgan fingerprint density at radius 1 is 1.31 bits per heavy atom. The average molecular weight is 221 g/mol. The number of aliphatic hydroxyl groups excluding tert-OH is 1. The van der Waals surface area contributed by atoms with Crippen molar-refractivity contribution in [3.63, 3.8) is 0 Å². The summed E-state index contributed by atoms with van der Waals surface area (Å²) in [5.41, 5.74) is 18.2. The molecule has 7 N–H and O–H groups in total. The van der Waals surface area contributed by atoms with E-state index < -0.39 is 0 Å². The zero-order valence-electron chi connectivity index (χ0n) is 9.01. The molecule has 0 saturated carbocycles. The fourth-order valence-electron chi connectivity index (χ4n) is 1.15. The first-order chi connectivity index (χ1) is 7.52. The van der Waals surface area contributed by atoms with Gasteiger partial charge in [-0.05, 0) is 24.1 Å². The fraction of sp³-hybridized carbons (Fsp3) is 0.200. The minimum Gasteiger partial charge on any atom is -0.392 e. The van der Waals surface area contributed by atoms with Crippen LogP contribution in [0.1, 0.15) is 11.1 Å². The first-order valence-electron chi connectivity index (χ1n) is 4.67. The Labute approximate surface area is 93.5 Å². The van der Waals surface area contributed by atoms with E-state index in [1.807, 2.05) is 19.1 Å². The molecule has 0 atom stereocenters. The van der Waals surface area contributed by atoms with E-state index in [0.717, 1.165) is 11.1 Å². The molecule has 0 fully saturated rings. The van der Waals surface area contributed by atoms with Crippen LogP contribution >= 0.6 is 0 Å². The van der Waals surface area contributed by atoms with Crippen molar-refractivity contribution in [2.24, 2.45) is 27.2 Å². The third-order valence-electron chi connectivity index (χ3n) is 1.93. The second kappa shape index (κ2) is 5.13. The summed E-state index contributed by atoms with van der Waals surface area (Å²) in [6, 6.07) is 5.38. The number of guanidine groups is 2. The summed E-state index contributed by atoms with van der Waals surface area (Å²) < 4.78 is 0. The van der Waals surface area contributed by atoms with Gasteiger partial charge in [0.2, 0.25) is 5.96 Å². The predicted molar refractivity (Wildman–Crippen MR) is 64.2 cm³/mol. The molecule has 6 heteroatoms. The number of hydrogen-bond donors (Lipinski definition) is 4. The Bertz CT molecular complexity index is 435. The van der Waals surface area contributed by atoms with E-state index in [2.05, 4.69) is 9.98 Å². The van der Waals surface area contributed by atoms with Crippen LogP contribution in [0.4, 0.5) is 5.69 Å². The largest absolute Gasteiger partial charge is 0.392 e. The first kappa shape index (κ1) is 12.0. The highest BCUT2D eigenvalue weighted by molar-refractivity contribution is 5.93. The van der Waals surface area contributed by atoms with Crippen LogP contribution in [0.2, 0.25) is 0 Å². The second-order valence-corrected chi connectivity index (χ2v) is 3.29. The Morgan fingerprint density at radius 2 is 2.00 bits per heavy atom. The van der Waals surface area contributed by atoms with Crippen molar-refractivity contribution in [2.75, 3.05) is 0 Å². The first-order valence-corrected chi connectivity index (χ1v) is 4.67. The highest BCUT2D eigenvalue weighted by Gasteiger charge is 1.99. The number of hydrogen-bond acceptors (Lipinski definition) is 2. The van der Waals surface area contributed by atoms with Gasteiger partial charge in [0.25, 0.3) is 0 Å². The lowest BCUT2D eigenvalue weighted by molar-refractivity contribution is 0.282. The average Bonchev–Trinajstić information content (AvgIpc) is 2.20. The number of benzene rings is 1. The quantitative estimate of drug-likeness (QED) is 0.404. The Morgan fingerprint density at radius 3 is 2.56 bits per heavy atom. The van der Waals surface area contributed by atoms with E-state index in [1.165, 1.54) is 0 Å². The van der Waals surface area contributed by atoms with E-state index >= 15 is 0 Å². The molecule has 6 nitrogen and oxygen atoms in total. The number of aliphatic hydroxyl groups is 1. The molecule has 0 heterocycles. The van der Waals surface area contributed by atoms with Crippen molar-refractivity contribution in [3.05, 3.63) is 29.3 Å². The molecule has 0 unspecified atom stereocenters. The minimum atomic E-state index is -0.141. The van der Waals surface area contributed by atoms with Gasteiger partial charge in [0.05, 0.1) is 12.3 Å². The van der Waals surface area contributed by atoms with Gasteiger partial charge in [0, 0.05) is 0 Å². The second-order valence-electron chi connectivity index (χ2n) is 3.29. The molecular weight excluding hydrogens is 206 g/mol. The van der Waals surface area contributed by atoms with Crippen LogP contribution in [0.15, 0.2) is 28.2 Å². The van der Waals surface area contributed by atoms with Crippen LogP contribution < -0.4 is 17.2 Å². The summed E-state index contributed by atoms with van der Waals surface area (Å²) >= 11 is 0. The summed E-state index contributed by atoms with van der Waals surface area (Å²) in [6.45, 7) is 1.83. The van der Waals surface area contributed by atoms with Gasteiger partial charge < -0.3 is 22.3 Å². The van der Waals surface area contributed by atoms with Gasteiger partial charge >= 0.3 is 0 Å². The Kier molecular flexibility index (Phi) is 3.84. The molecule has 1 rings (SSSR count). The van der Waals surface area contributed by atoms with Gasteiger partial charge in [-0.3, -0.25) is 0 Å². The number of nitrogens with zero attached hydrogens (tertiary/aromatic N) is 2. The molecule has 0 bridgehead atoms. The van der Waals surface area contributed by atoms with Crippen molar-refractivity contribution in [3.8, 4) is 0 Å². The highest BCUT2D eigenvalue weighted by Crippen LogP contribution is 2.20. The third kappa shape index (κ3) is 3.25. The Hall–Kier alpha value is -2.08. The number of aryl methyl sites for hydroxylation is 1. The molecule has 16 heavy (non-hydrogen) atoms. The molecule has 0 aliphatic heterocycles. The summed E-state index contributed by atoms with van der Waals surface area (Å²) in [5, 5.41) is 8.99. The SMILES string of the molecule is Cc1ccc(CO)cc1N=C(N)N=C(N)N. The van der Waals surface area contributed by atoms with Crippen molar-refractivity contribution in [1.82, 2.24) is 0 Å². The van der Waals surface area contributed by atoms with Crippen LogP contribution in [-0.4, -0.2) is 17.0 Å². The molecule has 0 spiro atoms. The topological polar surface area (TPSA) is 123 Å². The van der Waals surface area contributed by atoms with Gasteiger partial charge in [-0.1, -0.05) is 12.1 Å². The zero-order chi connectivity index (χ0) is 12.1. The van der Waals surface area contributed by atoms with Gasteiger partial charge in [0.1, 0.15) is 0 Å². The van der Waals surface area contributed by atoms with E-state index in [9.17, 15) is 0 Å². The fourth-order valence-corrected chi connectivity index (χ4v) is 1.15. The predicted octanol–water partition coefficient (Wildman–Crippen LogP) is -0.293. The highest BCUT2D eigenvalue weighted by atomic mass is 16.3. The summed E-state index contributed by atoms with van der Waals surface area (Å²) in [7, 11) is 0. The third-order valence-corrected chi connectivity index (χ3v) is 1.93. The Balaban J connectivity index is 3.08. The molecule has 1 aromatic carbocycles. The number of aliphatic imine (C=N–C) groups is 2. The van der Waals surface area contributed by atoms with Gasteiger partial charge in [-0.25, -0.2) is 4.99 Å². The number of nitrogens with two attached hydrogens (primary N) is 3. The maximum absolute atomic E-state index is 8.99. The normalized spacial score (nSPS) is 11.2. The van der Waals surface area contributed by atoms with E-state index in [1.54, 1.807) is 6.07 Å². The molecule has 0 aliphatic rings. The summed E-state index contributed by atoms with van der Waals surface area (Å²) in [5.74, 6) is -0.157. The van der Waals surface area contributed by atoms with Crippen LogP contribution in [0, 0.1) is 6.92 Å². The molecule has 0 aliphatic carbocycles. The minimum absolute atomic E-state index is 0.0156. The lowest BCUT2D eigenvalue weighted by Crippen LogP contribution is -2.26. The smallest absolute Gasteiger partial charge is 0.223 e. The molecule has 0 saturated heterocycles. The monoisotopic (exact) mass is 221 g/mol. The molecular formula is C10H15N5O.